The van der Waals surface area contributed by atoms with E-state index in [1.807, 2.05) is 74.5 Å². The number of carbonyl (C=O) groups is 1. The Morgan fingerprint density at radius 2 is 1.62 bits per heavy atom. The number of thiophene rings is 1. The van der Waals surface area contributed by atoms with Gasteiger partial charge in [0, 0.05) is 36.9 Å². The summed E-state index contributed by atoms with van der Waals surface area (Å²) in [4.78, 5) is 12.8. The van der Waals surface area contributed by atoms with Crippen molar-refractivity contribution in [1.29, 1.82) is 0 Å². The summed E-state index contributed by atoms with van der Waals surface area (Å²) in [6.07, 6.45) is 0. The molecule has 2 N–H and O–H groups in total. The second-order valence-electron chi connectivity index (χ2n) is 6.77. The smallest absolute Gasteiger partial charge is 0.307 e. The minimum absolute atomic E-state index is 0.298. The Bertz CT molecular complexity index is 1210. The fourth-order valence-electron chi connectivity index (χ4n) is 3.35. The van der Waals surface area contributed by atoms with E-state index in [1.54, 1.807) is 0 Å². The average Bonchev–Trinajstić information content (AvgIpc) is 3.02. The Kier molecular flexibility index (Phi) is 5.50. The number of carbonyl (C=O) groups excluding carboxylic acids is 1. The number of para-hydroxylation sites is 1. The van der Waals surface area contributed by atoms with Crippen molar-refractivity contribution in [2.24, 2.45) is 0 Å². The van der Waals surface area contributed by atoms with Crippen molar-refractivity contribution in [3.05, 3.63) is 81.8 Å². The third-order valence-electron chi connectivity index (χ3n) is 4.74. The van der Waals surface area contributed by atoms with Gasteiger partial charge in [0.15, 0.2) is 0 Å². The van der Waals surface area contributed by atoms with Crippen molar-refractivity contribution >= 4 is 61.3 Å². The predicted molar refractivity (Wildman–Crippen MR) is 126 cm³/mol. The van der Waals surface area contributed by atoms with Crippen LogP contribution in [-0.2, 0) is 0 Å². The molecule has 0 atom stereocenters. The quantitative estimate of drug-likeness (QED) is 0.331. The molecule has 2 amide bonds. The molecule has 0 saturated carbocycles. The van der Waals surface area contributed by atoms with Gasteiger partial charge in [0.25, 0.3) is 0 Å². The summed E-state index contributed by atoms with van der Waals surface area (Å²) in [6.45, 7) is 3.94. The molecule has 0 aliphatic rings. The lowest BCUT2D eigenvalue weighted by Crippen LogP contribution is -2.20. The van der Waals surface area contributed by atoms with Gasteiger partial charge in [-0.3, -0.25) is 5.32 Å². The number of hydrogen-bond donors (Lipinski definition) is 2. The molecule has 1 heterocycles. The number of hydrogen-bond acceptors (Lipinski definition) is 2. The second kappa shape index (κ2) is 8.07. The molecular formula is C23H18Cl2N2OS. The number of benzene rings is 3. The van der Waals surface area contributed by atoms with Crippen LogP contribution in [0.1, 0.15) is 11.1 Å². The fourth-order valence-corrected chi connectivity index (χ4v) is 4.84. The van der Waals surface area contributed by atoms with Crippen molar-refractivity contribution in [2.75, 3.05) is 10.6 Å². The fraction of sp³-hybridized carbons (Fsp3) is 0.0870. The topological polar surface area (TPSA) is 41.1 Å². The van der Waals surface area contributed by atoms with Crippen LogP contribution >= 0.6 is 34.5 Å². The first-order valence-corrected chi connectivity index (χ1v) is 10.6. The lowest BCUT2D eigenvalue weighted by Gasteiger charge is -2.13. The number of nitrogens with one attached hydrogen (secondary N) is 2. The number of anilines is 2. The first kappa shape index (κ1) is 19.8. The van der Waals surface area contributed by atoms with E-state index in [4.69, 9.17) is 23.2 Å². The van der Waals surface area contributed by atoms with E-state index >= 15 is 0 Å². The highest BCUT2D eigenvalue weighted by Gasteiger charge is 2.19. The van der Waals surface area contributed by atoms with E-state index in [1.165, 1.54) is 11.3 Å². The van der Waals surface area contributed by atoms with Crippen LogP contribution in [0, 0.1) is 13.8 Å². The van der Waals surface area contributed by atoms with Gasteiger partial charge in [0.1, 0.15) is 5.00 Å². The standard InChI is InChI=1S/C23H18Cl2N2OS/c1-13-6-5-7-14(2)21(13)26-23(28)27-22-20(16-8-3-4-9-18(16)25)17-12-15(24)10-11-19(17)29-22/h3-12H,1-2H3,(H2,26,27,28). The second-order valence-corrected chi connectivity index (χ2v) is 8.67. The summed E-state index contributed by atoms with van der Waals surface area (Å²) in [5.74, 6) is 0. The Morgan fingerprint density at radius 1 is 0.897 bits per heavy atom. The Balaban J connectivity index is 1.77. The zero-order chi connectivity index (χ0) is 20.5. The lowest BCUT2D eigenvalue weighted by molar-refractivity contribution is 0.262. The van der Waals surface area contributed by atoms with Crippen molar-refractivity contribution in [1.82, 2.24) is 0 Å². The molecule has 3 nitrogen and oxygen atoms in total. The molecule has 0 aliphatic heterocycles. The number of fused-ring (bicyclic) bond motifs is 1. The predicted octanol–water partition coefficient (Wildman–Crippen LogP) is 8.14. The zero-order valence-corrected chi connectivity index (χ0v) is 18.2. The Labute approximate surface area is 183 Å². The lowest BCUT2D eigenvalue weighted by atomic mass is 10.0. The van der Waals surface area contributed by atoms with Crippen LogP contribution in [0.25, 0.3) is 21.2 Å². The van der Waals surface area contributed by atoms with E-state index in [-0.39, 0.29) is 6.03 Å². The summed E-state index contributed by atoms with van der Waals surface area (Å²) in [7, 11) is 0. The van der Waals surface area contributed by atoms with Gasteiger partial charge in [0.2, 0.25) is 0 Å². The van der Waals surface area contributed by atoms with Gasteiger partial charge in [-0.15, -0.1) is 11.3 Å². The van der Waals surface area contributed by atoms with Crippen LogP contribution in [0.4, 0.5) is 15.5 Å². The van der Waals surface area contributed by atoms with E-state index in [0.29, 0.717) is 10.0 Å². The number of urea groups is 1. The molecule has 1 aromatic heterocycles. The number of halogens is 2. The monoisotopic (exact) mass is 440 g/mol. The highest BCUT2D eigenvalue weighted by Crippen LogP contribution is 2.45. The number of amides is 2. The van der Waals surface area contributed by atoms with E-state index in [2.05, 4.69) is 10.6 Å². The molecular weight excluding hydrogens is 423 g/mol. The molecule has 0 radical (unpaired) electrons. The number of rotatable bonds is 3. The molecule has 0 bridgehead atoms. The molecule has 0 fully saturated rings. The first-order chi connectivity index (χ1) is 13.9. The normalized spacial score (nSPS) is 10.9. The van der Waals surface area contributed by atoms with Crippen molar-refractivity contribution in [3.8, 4) is 11.1 Å². The molecule has 6 heteroatoms. The van der Waals surface area contributed by atoms with Crippen LogP contribution < -0.4 is 10.6 Å². The van der Waals surface area contributed by atoms with Crippen LogP contribution in [-0.4, -0.2) is 6.03 Å². The third kappa shape index (κ3) is 3.97. The van der Waals surface area contributed by atoms with Gasteiger partial charge in [-0.1, -0.05) is 59.6 Å². The summed E-state index contributed by atoms with van der Waals surface area (Å²) in [6, 6.07) is 18.9. The van der Waals surface area contributed by atoms with Gasteiger partial charge >= 0.3 is 6.03 Å². The van der Waals surface area contributed by atoms with E-state index in [0.717, 1.165) is 43.0 Å². The van der Waals surface area contributed by atoms with E-state index < -0.39 is 0 Å². The molecule has 0 unspecified atom stereocenters. The summed E-state index contributed by atoms with van der Waals surface area (Å²) in [5, 5.41) is 8.92. The average molecular weight is 441 g/mol. The molecule has 0 saturated heterocycles. The minimum Gasteiger partial charge on any atom is -0.307 e. The SMILES string of the molecule is Cc1cccc(C)c1NC(=O)Nc1sc2ccc(Cl)cc2c1-c1ccccc1Cl. The Morgan fingerprint density at radius 3 is 2.34 bits per heavy atom. The molecule has 0 spiro atoms. The molecule has 4 aromatic rings. The summed E-state index contributed by atoms with van der Waals surface area (Å²) in [5.41, 5.74) is 4.55. The van der Waals surface area contributed by atoms with Crippen molar-refractivity contribution in [2.45, 2.75) is 13.8 Å². The van der Waals surface area contributed by atoms with E-state index in [9.17, 15) is 4.79 Å². The third-order valence-corrected chi connectivity index (χ3v) is 6.39. The van der Waals surface area contributed by atoms with Crippen LogP contribution in [0.15, 0.2) is 60.7 Å². The molecule has 146 valence electrons. The van der Waals surface area contributed by atoms with Crippen molar-refractivity contribution in [3.63, 3.8) is 0 Å². The van der Waals surface area contributed by atoms with Crippen LogP contribution in [0.3, 0.4) is 0 Å². The van der Waals surface area contributed by atoms with Gasteiger partial charge in [-0.25, -0.2) is 4.79 Å². The highest BCUT2D eigenvalue weighted by molar-refractivity contribution is 7.23. The highest BCUT2D eigenvalue weighted by atomic mass is 35.5. The maximum Gasteiger partial charge on any atom is 0.324 e. The van der Waals surface area contributed by atoms with Gasteiger partial charge < -0.3 is 5.32 Å². The summed E-state index contributed by atoms with van der Waals surface area (Å²) < 4.78 is 1.02. The first-order valence-electron chi connectivity index (χ1n) is 9.05. The van der Waals surface area contributed by atoms with Crippen molar-refractivity contribution < 1.29 is 4.79 Å². The maximum absolute atomic E-state index is 12.8. The van der Waals surface area contributed by atoms with Gasteiger partial charge in [0.05, 0.1) is 0 Å². The number of aryl methyl sites for hydroxylation is 2. The van der Waals surface area contributed by atoms with Crippen LogP contribution in [0.2, 0.25) is 10.0 Å². The molecule has 0 aliphatic carbocycles. The summed E-state index contributed by atoms with van der Waals surface area (Å²) >= 11 is 14.2. The Hall–Kier alpha value is -2.53. The zero-order valence-electron chi connectivity index (χ0n) is 15.8. The largest absolute Gasteiger partial charge is 0.324 e. The van der Waals surface area contributed by atoms with Gasteiger partial charge in [-0.2, -0.15) is 0 Å². The molecule has 29 heavy (non-hydrogen) atoms. The maximum atomic E-state index is 12.8. The van der Waals surface area contributed by atoms with Gasteiger partial charge in [-0.05, 0) is 49.2 Å². The molecule has 3 aromatic carbocycles. The minimum atomic E-state index is -0.298. The molecule has 4 rings (SSSR count). The van der Waals surface area contributed by atoms with Crippen LogP contribution in [0.5, 0.6) is 0 Å².